The van der Waals surface area contributed by atoms with E-state index in [4.69, 9.17) is 16.3 Å². The minimum absolute atomic E-state index is 0.230. The van der Waals surface area contributed by atoms with E-state index in [1.54, 1.807) is 17.4 Å². The predicted molar refractivity (Wildman–Crippen MR) is 79.1 cm³/mol. The highest BCUT2D eigenvalue weighted by Crippen LogP contribution is 2.42. The van der Waals surface area contributed by atoms with Crippen molar-refractivity contribution in [3.05, 3.63) is 44.7 Å². The monoisotopic (exact) mass is 293 g/mol. The van der Waals surface area contributed by atoms with E-state index in [2.05, 4.69) is 4.98 Å². The summed E-state index contributed by atoms with van der Waals surface area (Å²) in [7, 11) is 0. The summed E-state index contributed by atoms with van der Waals surface area (Å²) in [5.41, 5.74) is 0.596. The van der Waals surface area contributed by atoms with Crippen LogP contribution in [0, 0.1) is 0 Å². The number of aromatic nitrogens is 1. The molecular formula is C14H12ClNO2S. The lowest BCUT2D eigenvalue weighted by atomic mass is 10.0. The summed E-state index contributed by atoms with van der Waals surface area (Å²) in [5.74, 6) is 0.559. The summed E-state index contributed by atoms with van der Waals surface area (Å²) < 4.78 is 5.95. The maximum Gasteiger partial charge on any atom is 0.260 e. The van der Waals surface area contributed by atoms with Crippen LogP contribution in [0.4, 0.5) is 0 Å². The lowest BCUT2D eigenvalue weighted by Crippen LogP contribution is -2.30. The van der Waals surface area contributed by atoms with Crippen LogP contribution in [-0.4, -0.2) is 10.6 Å². The lowest BCUT2D eigenvalue weighted by molar-refractivity contribution is 0.159. The summed E-state index contributed by atoms with van der Waals surface area (Å²) >= 11 is 7.76. The van der Waals surface area contributed by atoms with Crippen molar-refractivity contribution < 1.29 is 4.74 Å². The first-order valence-electron chi connectivity index (χ1n) is 5.86. The standard InChI is InChI=1S/C14H12ClNO2S/c1-14(2)6-5-8-11(18-14)10(9-4-3-7-19-9)12(15)16-13(8)17/h3-7H,1-2H3,(H,16,17). The van der Waals surface area contributed by atoms with Gasteiger partial charge in [0.1, 0.15) is 16.5 Å². The fourth-order valence-corrected chi connectivity index (χ4v) is 3.15. The number of hydrogen-bond acceptors (Lipinski definition) is 3. The van der Waals surface area contributed by atoms with Crippen LogP contribution >= 0.6 is 22.9 Å². The molecule has 3 rings (SSSR count). The van der Waals surface area contributed by atoms with E-state index < -0.39 is 5.60 Å². The van der Waals surface area contributed by atoms with E-state index in [0.29, 0.717) is 16.5 Å². The van der Waals surface area contributed by atoms with E-state index in [-0.39, 0.29) is 5.56 Å². The summed E-state index contributed by atoms with van der Waals surface area (Å²) in [6.07, 6.45) is 3.67. The molecule has 2 aromatic rings. The number of hydrogen-bond donors (Lipinski definition) is 1. The van der Waals surface area contributed by atoms with Gasteiger partial charge in [0.2, 0.25) is 0 Å². The van der Waals surface area contributed by atoms with Crippen molar-refractivity contribution in [2.45, 2.75) is 19.4 Å². The molecule has 0 aliphatic carbocycles. The second kappa shape index (κ2) is 4.25. The summed E-state index contributed by atoms with van der Waals surface area (Å²) in [6, 6.07) is 3.90. The van der Waals surface area contributed by atoms with Gasteiger partial charge in [-0.25, -0.2) is 0 Å². The molecule has 1 aliphatic rings. The van der Waals surface area contributed by atoms with Gasteiger partial charge in [0.25, 0.3) is 5.56 Å². The third-order valence-corrected chi connectivity index (χ3v) is 4.11. The van der Waals surface area contributed by atoms with Crippen molar-refractivity contribution in [3.63, 3.8) is 0 Å². The van der Waals surface area contributed by atoms with Gasteiger partial charge in [-0.3, -0.25) is 4.79 Å². The van der Waals surface area contributed by atoms with Crippen molar-refractivity contribution in [1.82, 2.24) is 4.98 Å². The number of rotatable bonds is 1. The van der Waals surface area contributed by atoms with Crippen molar-refractivity contribution in [2.75, 3.05) is 0 Å². The van der Waals surface area contributed by atoms with E-state index in [1.807, 2.05) is 37.4 Å². The average molecular weight is 294 g/mol. The first kappa shape index (κ1) is 12.5. The third-order valence-electron chi connectivity index (χ3n) is 2.94. The second-order valence-electron chi connectivity index (χ2n) is 4.90. The molecule has 0 bridgehead atoms. The molecule has 2 aromatic heterocycles. The Morgan fingerprint density at radius 3 is 2.89 bits per heavy atom. The van der Waals surface area contributed by atoms with Gasteiger partial charge in [0.05, 0.1) is 11.1 Å². The molecule has 3 heterocycles. The molecule has 0 atom stereocenters. The molecule has 0 saturated carbocycles. The van der Waals surface area contributed by atoms with Crippen LogP contribution < -0.4 is 10.3 Å². The van der Waals surface area contributed by atoms with Crippen LogP contribution in [0.5, 0.6) is 5.75 Å². The minimum atomic E-state index is -0.448. The van der Waals surface area contributed by atoms with Gasteiger partial charge in [-0.2, -0.15) is 0 Å². The molecule has 0 saturated heterocycles. The molecule has 19 heavy (non-hydrogen) atoms. The van der Waals surface area contributed by atoms with Crippen LogP contribution in [0.2, 0.25) is 5.15 Å². The molecular weight excluding hydrogens is 282 g/mol. The topological polar surface area (TPSA) is 42.1 Å². The van der Waals surface area contributed by atoms with Crippen LogP contribution in [0.25, 0.3) is 16.5 Å². The Labute approximate surface area is 119 Å². The molecule has 1 aliphatic heterocycles. The Kier molecular flexibility index (Phi) is 2.80. The number of pyridine rings is 1. The average Bonchev–Trinajstić information content (AvgIpc) is 2.80. The molecule has 98 valence electrons. The van der Waals surface area contributed by atoms with Crippen molar-refractivity contribution in [3.8, 4) is 16.2 Å². The summed E-state index contributed by atoms with van der Waals surface area (Å²) in [4.78, 5) is 15.6. The minimum Gasteiger partial charge on any atom is -0.482 e. The zero-order valence-corrected chi connectivity index (χ0v) is 12.1. The number of H-pyrrole nitrogens is 1. The normalized spacial score (nSPS) is 15.9. The fraction of sp³-hybridized carbons (Fsp3) is 0.214. The van der Waals surface area contributed by atoms with Gasteiger partial charge in [0.15, 0.2) is 0 Å². The van der Waals surface area contributed by atoms with Crippen LogP contribution in [0.1, 0.15) is 19.4 Å². The zero-order valence-electron chi connectivity index (χ0n) is 10.5. The highest BCUT2D eigenvalue weighted by atomic mass is 35.5. The molecule has 0 fully saturated rings. The van der Waals surface area contributed by atoms with E-state index >= 15 is 0 Å². The van der Waals surface area contributed by atoms with Gasteiger partial charge in [0, 0.05) is 4.88 Å². The van der Waals surface area contributed by atoms with Crippen LogP contribution in [0.15, 0.2) is 28.4 Å². The third kappa shape index (κ3) is 2.11. The van der Waals surface area contributed by atoms with Gasteiger partial charge in [-0.1, -0.05) is 17.7 Å². The Balaban J connectivity index is 2.33. The highest BCUT2D eigenvalue weighted by molar-refractivity contribution is 7.13. The molecule has 5 heteroatoms. The molecule has 0 amide bonds. The molecule has 1 N–H and O–H groups in total. The largest absolute Gasteiger partial charge is 0.482 e. The number of ether oxygens (including phenoxy) is 1. The Morgan fingerprint density at radius 2 is 2.21 bits per heavy atom. The van der Waals surface area contributed by atoms with Crippen LogP contribution in [-0.2, 0) is 0 Å². The Bertz CT molecular complexity index is 714. The number of thiophene rings is 1. The van der Waals surface area contributed by atoms with E-state index in [1.165, 1.54) is 0 Å². The van der Waals surface area contributed by atoms with E-state index in [0.717, 1.165) is 10.4 Å². The zero-order chi connectivity index (χ0) is 13.6. The summed E-state index contributed by atoms with van der Waals surface area (Å²) in [5, 5.41) is 2.28. The van der Waals surface area contributed by atoms with E-state index in [9.17, 15) is 4.79 Å². The maximum absolute atomic E-state index is 11.9. The first-order chi connectivity index (χ1) is 8.98. The molecule has 0 spiro atoms. The van der Waals surface area contributed by atoms with Gasteiger partial charge >= 0.3 is 0 Å². The van der Waals surface area contributed by atoms with Gasteiger partial charge < -0.3 is 9.72 Å². The Hall–Kier alpha value is -1.52. The number of halogens is 1. The lowest BCUT2D eigenvalue weighted by Gasteiger charge is -2.29. The first-order valence-corrected chi connectivity index (χ1v) is 7.11. The molecule has 0 unspecified atom stereocenters. The smallest absolute Gasteiger partial charge is 0.260 e. The molecule has 3 nitrogen and oxygen atoms in total. The molecule has 0 aromatic carbocycles. The summed E-state index contributed by atoms with van der Waals surface area (Å²) in [6.45, 7) is 3.89. The quantitative estimate of drug-likeness (QED) is 0.809. The number of aromatic amines is 1. The number of nitrogens with one attached hydrogen (secondary N) is 1. The maximum atomic E-state index is 11.9. The number of fused-ring (bicyclic) bond motifs is 1. The van der Waals surface area contributed by atoms with Crippen LogP contribution in [0.3, 0.4) is 0 Å². The molecule has 0 radical (unpaired) electrons. The van der Waals surface area contributed by atoms with Crippen molar-refractivity contribution in [1.29, 1.82) is 0 Å². The second-order valence-corrected chi connectivity index (χ2v) is 6.23. The fourth-order valence-electron chi connectivity index (χ4n) is 2.05. The SMILES string of the molecule is CC1(C)C=Cc2c(c(-c3cccs3)c(Cl)[nH]c2=O)O1. The Morgan fingerprint density at radius 1 is 1.42 bits per heavy atom. The van der Waals surface area contributed by atoms with Crippen molar-refractivity contribution in [2.24, 2.45) is 0 Å². The van der Waals surface area contributed by atoms with Gasteiger partial charge in [-0.15, -0.1) is 11.3 Å². The highest BCUT2D eigenvalue weighted by Gasteiger charge is 2.28. The predicted octanol–water partition coefficient (Wildman–Crippen LogP) is 3.94. The van der Waals surface area contributed by atoms with Crippen molar-refractivity contribution >= 4 is 29.0 Å². The van der Waals surface area contributed by atoms with Gasteiger partial charge in [-0.05, 0) is 37.4 Å².